The highest BCUT2D eigenvalue weighted by Gasteiger charge is 2.30. The molecule has 2 N–H and O–H groups in total. The summed E-state index contributed by atoms with van der Waals surface area (Å²) in [5.74, 6) is 0.101. The zero-order valence-corrected chi connectivity index (χ0v) is 20.4. The molecule has 0 radical (unpaired) electrons. The van der Waals surface area contributed by atoms with E-state index in [0.717, 1.165) is 24.3 Å². The second-order valence-electron chi connectivity index (χ2n) is 9.15. The maximum absolute atomic E-state index is 13.2. The summed E-state index contributed by atoms with van der Waals surface area (Å²) in [5, 5.41) is 5.26. The van der Waals surface area contributed by atoms with Gasteiger partial charge in [0, 0.05) is 38.4 Å². The molecule has 1 fully saturated rings. The molecule has 0 aliphatic carbocycles. The SMILES string of the molecule is NS(=O)(=O)c1ccc2c(c1)CCN2CC(=O)N1CCN(C(c2ccccc2)c2ccccc2)CC1. The summed E-state index contributed by atoms with van der Waals surface area (Å²) in [5.41, 5.74) is 4.34. The molecule has 5 rings (SSSR count). The topological polar surface area (TPSA) is 86.9 Å². The first-order valence-corrected chi connectivity index (χ1v) is 13.5. The molecule has 0 atom stereocenters. The molecule has 1 saturated heterocycles. The molecule has 3 aromatic rings. The molecule has 182 valence electrons. The number of nitrogens with two attached hydrogens (primary N) is 1. The van der Waals surface area contributed by atoms with Gasteiger partial charge in [0.05, 0.1) is 17.5 Å². The highest BCUT2D eigenvalue weighted by molar-refractivity contribution is 7.89. The Morgan fingerprint density at radius 3 is 2.00 bits per heavy atom. The predicted molar refractivity (Wildman–Crippen MR) is 137 cm³/mol. The molecule has 8 heteroatoms. The van der Waals surface area contributed by atoms with Crippen LogP contribution >= 0.6 is 0 Å². The first kappa shape index (κ1) is 23.5. The smallest absolute Gasteiger partial charge is 0.242 e. The van der Waals surface area contributed by atoms with E-state index in [9.17, 15) is 13.2 Å². The number of nitrogens with zero attached hydrogens (tertiary/aromatic N) is 3. The molecule has 0 saturated carbocycles. The average Bonchev–Trinajstić information content (AvgIpc) is 3.27. The number of hydrogen-bond donors (Lipinski definition) is 1. The van der Waals surface area contributed by atoms with Gasteiger partial charge in [-0.05, 0) is 41.3 Å². The van der Waals surface area contributed by atoms with Crippen molar-refractivity contribution < 1.29 is 13.2 Å². The Kier molecular flexibility index (Phi) is 6.60. The molecular weight excluding hydrogens is 460 g/mol. The molecule has 2 aliphatic heterocycles. The minimum Gasteiger partial charge on any atom is -0.362 e. The van der Waals surface area contributed by atoms with Crippen molar-refractivity contribution >= 4 is 21.6 Å². The Balaban J connectivity index is 1.24. The fourth-order valence-electron chi connectivity index (χ4n) is 5.17. The Morgan fingerprint density at radius 2 is 1.43 bits per heavy atom. The van der Waals surface area contributed by atoms with E-state index in [0.29, 0.717) is 32.6 Å². The lowest BCUT2D eigenvalue weighted by molar-refractivity contribution is -0.131. The highest BCUT2D eigenvalue weighted by atomic mass is 32.2. The summed E-state index contributed by atoms with van der Waals surface area (Å²) in [6.07, 6.45) is 0.704. The second kappa shape index (κ2) is 9.81. The van der Waals surface area contributed by atoms with Crippen molar-refractivity contribution in [1.82, 2.24) is 9.80 Å². The number of hydrogen-bond acceptors (Lipinski definition) is 5. The summed E-state index contributed by atoms with van der Waals surface area (Å²) in [7, 11) is -3.73. The molecule has 0 aromatic heterocycles. The highest BCUT2D eigenvalue weighted by Crippen LogP contribution is 2.31. The van der Waals surface area contributed by atoms with Crippen LogP contribution in [-0.2, 0) is 21.2 Å². The van der Waals surface area contributed by atoms with Crippen molar-refractivity contribution in [3.05, 3.63) is 95.6 Å². The number of anilines is 1. The standard InChI is InChI=1S/C27H30N4O3S/c28-35(33,34)24-11-12-25-23(19-24)13-14-31(25)20-26(32)29-15-17-30(18-16-29)27(21-7-3-1-4-8-21)22-9-5-2-6-10-22/h1-12,19,27H,13-18,20H2,(H2,28,33,34). The number of benzene rings is 3. The van der Waals surface area contributed by atoms with Gasteiger partial charge >= 0.3 is 0 Å². The fourth-order valence-corrected chi connectivity index (χ4v) is 5.73. The zero-order valence-electron chi connectivity index (χ0n) is 19.6. The lowest BCUT2D eigenvalue weighted by Gasteiger charge is -2.40. The molecule has 2 heterocycles. The number of primary sulfonamides is 1. The Bertz CT molecular complexity index is 1250. The van der Waals surface area contributed by atoms with Gasteiger partial charge in [-0.3, -0.25) is 9.69 Å². The van der Waals surface area contributed by atoms with Crippen LogP contribution in [0.5, 0.6) is 0 Å². The van der Waals surface area contributed by atoms with E-state index in [2.05, 4.69) is 53.4 Å². The number of rotatable bonds is 6. The average molecular weight is 491 g/mol. The normalized spacial score (nSPS) is 16.5. The summed E-state index contributed by atoms with van der Waals surface area (Å²) >= 11 is 0. The summed E-state index contributed by atoms with van der Waals surface area (Å²) in [6.45, 7) is 3.95. The Labute approximate surface area is 206 Å². The number of amides is 1. The lowest BCUT2D eigenvalue weighted by atomic mass is 9.96. The van der Waals surface area contributed by atoms with E-state index in [-0.39, 0.29) is 16.8 Å². The van der Waals surface area contributed by atoms with Crippen molar-refractivity contribution in [1.29, 1.82) is 0 Å². The number of fused-ring (bicyclic) bond motifs is 1. The predicted octanol–water partition coefficient (Wildman–Crippen LogP) is 2.63. The molecule has 2 aliphatic rings. The molecular formula is C27H30N4O3S. The van der Waals surface area contributed by atoms with Gasteiger partial charge in [0.15, 0.2) is 0 Å². The van der Waals surface area contributed by atoms with E-state index in [1.165, 1.54) is 17.2 Å². The van der Waals surface area contributed by atoms with Crippen LogP contribution in [0.15, 0.2) is 83.8 Å². The van der Waals surface area contributed by atoms with E-state index in [4.69, 9.17) is 5.14 Å². The maximum Gasteiger partial charge on any atom is 0.242 e. The third-order valence-corrected chi connectivity index (χ3v) is 7.87. The minimum absolute atomic E-state index is 0.101. The molecule has 0 bridgehead atoms. The van der Waals surface area contributed by atoms with Crippen LogP contribution in [-0.4, -0.2) is 63.4 Å². The maximum atomic E-state index is 13.2. The van der Waals surface area contributed by atoms with Gasteiger partial charge in [-0.1, -0.05) is 60.7 Å². The van der Waals surface area contributed by atoms with Gasteiger partial charge in [0.1, 0.15) is 0 Å². The van der Waals surface area contributed by atoms with Crippen molar-refractivity contribution in [2.45, 2.75) is 17.4 Å². The monoisotopic (exact) mass is 490 g/mol. The van der Waals surface area contributed by atoms with Gasteiger partial charge < -0.3 is 9.80 Å². The Hall–Kier alpha value is -3.20. The van der Waals surface area contributed by atoms with Crippen molar-refractivity contribution in [3.8, 4) is 0 Å². The summed E-state index contributed by atoms with van der Waals surface area (Å²) in [6, 6.07) is 26.1. The van der Waals surface area contributed by atoms with Crippen LogP contribution in [0.1, 0.15) is 22.7 Å². The van der Waals surface area contributed by atoms with Crippen molar-refractivity contribution in [2.75, 3.05) is 44.2 Å². The first-order valence-electron chi connectivity index (χ1n) is 11.9. The molecule has 1 amide bonds. The van der Waals surface area contributed by atoms with Gasteiger partial charge in [-0.2, -0.15) is 0 Å². The van der Waals surface area contributed by atoms with Gasteiger partial charge in [-0.15, -0.1) is 0 Å². The van der Waals surface area contributed by atoms with Crippen molar-refractivity contribution in [2.24, 2.45) is 5.14 Å². The third-order valence-electron chi connectivity index (χ3n) is 6.96. The second-order valence-corrected chi connectivity index (χ2v) is 10.7. The van der Waals surface area contributed by atoms with Crippen LogP contribution in [0.4, 0.5) is 5.69 Å². The summed E-state index contributed by atoms with van der Waals surface area (Å²) in [4.78, 5) is 19.7. The largest absolute Gasteiger partial charge is 0.362 e. The van der Waals surface area contributed by atoms with Gasteiger partial charge in [-0.25, -0.2) is 13.6 Å². The number of sulfonamides is 1. The van der Waals surface area contributed by atoms with Crippen molar-refractivity contribution in [3.63, 3.8) is 0 Å². The van der Waals surface area contributed by atoms with Crippen LogP contribution in [0.3, 0.4) is 0 Å². The molecule has 0 unspecified atom stereocenters. The zero-order chi connectivity index (χ0) is 24.4. The number of piperazine rings is 1. The van der Waals surface area contributed by atoms with Crippen LogP contribution in [0, 0.1) is 0 Å². The van der Waals surface area contributed by atoms with E-state index in [1.54, 1.807) is 12.1 Å². The molecule has 7 nitrogen and oxygen atoms in total. The van der Waals surface area contributed by atoms with E-state index in [1.807, 2.05) is 21.9 Å². The number of carbonyl (C=O) groups excluding carboxylic acids is 1. The molecule has 3 aromatic carbocycles. The first-order chi connectivity index (χ1) is 16.9. The molecule has 0 spiro atoms. The van der Waals surface area contributed by atoms with Gasteiger partial charge in [0.2, 0.25) is 15.9 Å². The minimum atomic E-state index is -3.73. The van der Waals surface area contributed by atoms with E-state index < -0.39 is 10.0 Å². The third kappa shape index (κ3) is 5.10. The van der Waals surface area contributed by atoms with Crippen LogP contribution in [0.2, 0.25) is 0 Å². The number of carbonyl (C=O) groups is 1. The fraction of sp³-hybridized carbons (Fsp3) is 0.296. The molecule has 35 heavy (non-hydrogen) atoms. The lowest BCUT2D eigenvalue weighted by Crippen LogP contribution is -2.52. The van der Waals surface area contributed by atoms with Gasteiger partial charge in [0.25, 0.3) is 0 Å². The Morgan fingerprint density at radius 1 is 0.829 bits per heavy atom. The van der Waals surface area contributed by atoms with Crippen LogP contribution in [0.25, 0.3) is 0 Å². The van der Waals surface area contributed by atoms with E-state index >= 15 is 0 Å². The van der Waals surface area contributed by atoms with Crippen LogP contribution < -0.4 is 10.0 Å². The quantitative estimate of drug-likeness (QED) is 0.574. The summed E-state index contributed by atoms with van der Waals surface area (Å²) < 4.78 is 23.3.